The third-order valence-electron chi connectivity index (χ3n) is 3.48. The number of carbonyl (C=O) groups excluding carboxylic acids is 1. The average molecular weight is 313 g/mol. The number of urea groups is 1. The highest BCUT2D eigenvalue weighted by atomic mass is 32.2. The zero-order chi connectivity index (χ0) is 15.4. The van der Waals surface area contributed by atoms with Crippen molar-refractivity contribution < 1.29 is 14.7 Å². The topological polar surface area (TPSA) is 100 Å². The number of carboxylic acids is 1. The van der Waals surface area contributed by atoms with Gasteiger partial charge in [-0.05, 0) is 12.7 Å². The number of aromatic nitrogens is 3. The smallest absolute Gasteiger partial charge is 0.358 e. The van der Waals surface area contributed by atoms with E-state index in [0.29, 0.717) is 24.9 Å². The molecule has 1 aliphatic rings. The Labute approximate surface area is 126 Å². The van der Waals surface area contributed by atoms with Gasteiger partial charge in [-0.3, -0.25) is 0 Å². The predicted octanol–water partition coefficient (Wildman–Crippen LogP) is 0.684. The Balaban J connectivity index is 1.72. The summed E-state index contributed by atoms with van der Waals surface area (Å²) in [7, 11) is 0. The first-order chi connectivity index (χ1) is 10.0. The van der Waals surface area contributed by atoms with E-state index in [0.717, 1.165) is 6.42 Å². The Morgan fingerprint density at radius 3 is 2.86 bits per heavy atom. The lowest BCUT2D eigenvalue weighted by molar-refractivity contribution is 0.0690. The molecule has 0 aliphatic carbocycles. The predicted molar refractivity (Wildman–Crippen MR) is 78.6 cm³/mol. The standard InChI is InChI=1S/C12H19N5O3S/c1-8(21-2)3-4-13-12(20)16-5-9(6-16)17-7-10(11(18)19)14-15-17/h7-9H,3-6H2,1-2H3,(H,13,20)(H,18,19). The van der Waals surface area contributed by atoms with Crippen molar-refractivity contribution in [2.24, 2.45) is 0 Å². The molecule has 0 spiro atoms. The number of rotatable bonds is 6. The minimum atomic E-state index is -1.10. The highest BCUT2D eigenvalue weighted by molar-refractivity contribution is 7.99. The lowest BCUT2D eigenvalue weighted by atomic mass is 10.1. The number of nitrogens with zero attached hydrogens (tertiary/aromatic N) is 4. The van der Waals surface area contributed by atoms with Crippen LogP contribution in [-0.2, 0) is 0 Å². The fraction of sp³-hybridized carbons (Fsp3) is 0.667. The molecule has 1 unspecified atom stereocenters. The van der Waals surface area contributed by atoms with Crippen LogP contribution in [0.2, 0.25) is 0 Å². The second-order valence-electron chi connectivity index (χ2n) is 5.01. The van der Waals surface area contributed by atoms with E-state index in [1.165, 1.54) is 10.9 Å². The largest absolute Gasteiger partial charge is 0.476 e. The van der Waals surface area contributed by atoms with Crippen molar-refractivity contribution in [3.05, 3.63) is 11.9 Å². The molecule has 1 aromatic rings. The number of aromatic carboxylic acids is 1. The van der Waals surface area contributed by atoms with Crippen LogP contribution in [0.3, 0.4) is 0 Å². The molecule has 1 atom stereocenters. The molecule has 2 N–H and O–H groups in total. The first kappa shape index (κ1) is 15.6. The molecule has 0 aromatic carbocycles. The normalized spacial score (nSPS) is 16.4. The van der Waals surface area contributed by atoms with Gasteiger partial charge in [0.05, 0.1) is 12.2 Å². The first-order valence-corrected chi connectivity index (χ1v) is 8.00. The zero-order valence-electron chi connectivity index (χ0n) is 12.0. The number of carbonyl (C=O) groups is 2. The van der Waals surface area contributed by atoms with E-state index in [9.17, 15) is 9.59 Å². The van der Waals surface area contributed by atoms with Crippen LogP contribution in [-0.4, -0.2) is 68.1 Å². The molecule has 2 rings (SSSR count). The number of hydrogen-bond acceptors (Lipinski definition) is 5. The third-order valence-corrected chi connectivity index (χ3v) is 4.52. The summed E-state index contributed by atoms with van der Waals surface area (Å²) in [5.41, 5.74) is -0.0797. The molecular weight excluding hydrogens is 294 g/mol. The Hall–Kier alpha value is -1.77. The quantitative estimate of drug-likeness (QED) is 0.801. The fourth-order valence-electron chi connectivity index (χ4n) is 1.95. The van der Waals surface area contributed by atoms with E-state index >= 15 is 0 Å². The van der Waals surface area contributed by atoms with Gasteiger partial charge in [0.1, 0.15) is 0 Å². The van der Waals surface area contributed by atoms with E-state index in [4.69, 9.17) is 5.11 Å². The molecule has 0 saturated carbocycles. The molecule has 9 heteroatoms. The SMILES string of the molecule is CSC(C)CCNC(=O)N1CC(n2cc(C(=O)O)nn2)C1. The number of hydrogen-bond donors (Lipinski definition) is 2. The highest BCUT2D eigenvalue weighted by Gasteiger charge is 2.33. The first-order valence-electron chi connectivity index (χ1n) is 6.72. The summed E-state index contributed by atoms with van der Waals surface area (Å²) in [5, 5.41) is 19.5. The number of thioether (sulfide) groups is 1. The molecule has 1 aromatic heterocycles. The Bertz CT molecular complexity index is 515. The summed E-state index contributed by atoms with van der Waals surface area (Å²) >= 11 is 1.78. The van der Waals surface area contributed by atoms with Gasteiger partial charge < -0.3 is 15.3 Å². The molecule has 2 heterocycles. The Morgan fingerprint density at radius 1 is 1.57 bits per heavy atom. The minimum absolute atomic E-state index is 0.00136. The number of amides is 2. The highest BCUT2D eigenvalue weighted by Crippen LogP contribution is 2.20. The van der Waals surface area contributed by atoms with Crippen LogP contribution in [0.25, 0.3) is 0 Å². The van der Waals surface area contributed by atoms with Crippen LogP contribution in [0.1, 0.15) is 29.9 Å². The molecule has 21 heavy (non-hydrogen) atoms. The van der Waals surface area contributed by atoms with Gasteiger partial charge in [-0.15, -0.1) is 5.10 Å². The van der Waals surface area contributed by atoms with Crippen molar-refractivity contribution in [2.45, 2.75) is 24.6 Å². The van der Waals surface area contributed by atoms with Gasteiger partial charge in [0.25, 0.3) is 0 Å². The van der Waals surface area contributed by atoms with Gasteiger partial charge >= 0.3 is 12.0 Å². The van der Waals surface area contributed by atoms with Crippen LogP contribution < -0.4 is 5.32 Å². The van der Waals surface area contributed by atoms with Crippen LogP contribution in [0.4, 0.5) is 4.79 Å². The van der Waals surface area contributed by atoms with Gasteiger partial charge in [-0.25, -0.2) is 14.3 Å². The number of carboxylic acid groups (broad SMARTS) is 1. The van der Waals surface area contributed by atoms with E-state index in [1.54, 1.807) is 16.7 Å². The summed E-state index contributed by atoms with van der Waals surface area (Å²) in [6.45, 7) is 3.83. The maximum Gasteiger partial charge on any atom is 0.358 e. The number of nitrogens with one attached hydrogen (secondary N) is 1. The van der Waals surface area contributed by atoms with Gasteiger partial charge in [0.15, 0.2) is 5.69 Å². The van der Waals surface area contributed by atoms with Crippen LogP contribution >= 0.6 is 11.8 Å². The van der Waals surface area contributed by atoms with Crippen LogP contribution in [0.15, 0.2) is 6.20 Å². The summed E-state index contributed by atoms with van der Waals surface area (Å²) in [6.07, 6.45) is 4.38. The second-order valence-corrected chi connectivity index (χ2v) is 6.29. The zero-order valence-corrected chi connectivity index (χ0v) is 12.8. The summed E-state index contributed by atoms with van der Waals surface area (Å²) in [4.78, 5) is 24.3. The molecule has 8 nitrogen and oxygen atoms in total. The maximum atomic E-state index is 11.9. The van der Waals surface area contributed by atoms with Crippen molar-refractivity contribution in [1.29, 1.82) is 0 Å². The monoisotopic (exact) mass is 313 g/mol. The molecule has 1 fully saturated rings. The second kappa shape index (κ2) is 6.79. The third kappa shape index (κ3) is 3.87. The number of likely N-dealkylation sites (tertiary alicyclic amines) is 1. The van der Waals surface area contributed by atoms with Crippen LogP contribution in [0.5, 0.6) is 0 Å². The van der Waals surface area contributed by atoms with Crippen molar-refractivity contribution in [1.82, 2.24) is 25.2 Å². The van der Waals surface area contributed by atoms with E-state index in [-0.39, 0.29) is 17.8 Å². The van der Waals surface area contributed by atoms with Gasteiger partial charge in [0, 0.05) is 24.9 Å². The van der Waals surface area contributed by atoms with Crippen molar-refractivity contribution in [3.8, 4) is 0 Å². The van der Waals surface area contributed by atoms with Gasteiger partial charge in [-0.1, -0.05) is 12.1 Å². The molecule has 1 aliphatic heterocycles. The molecular formula is C12H19N5O3S. The minimum Gasteiger partial charge on any atom is -0.476 e. The van der Waals surface area contributed by atoms with Crippen molar-refractivity contribution in [2.75, 3.05) is 25.9 Å². The summed E-state index contributed by atoms with van der Waals surface area (Å²) in [5.74, 6) is -1.10. The lowest BCUT2D eigenvalue weighted by Crippen LogP contribution is -2.54. The van der Waals surface area contributed by atoms with Gasteiger partial charge in [0.2, 0.25) is 0 Å². The molecule has 1 saturated heterocycles. The van der Waals surface area contributed by atoms with Crippen molar-refractivity contribution >= 4 is 23.8 Å². The Kier molecular flexibility index (Phi) is 5.05. The summed E-state index contributed by atoms with van der Waals surface area (Å²) < 4.78 is 1.50. The van der Waals surface area contributed by atoms with Gasteiger partial charge in [-0.2, -0.15) is 11.8 Å². The Morgan fingerprint density at radius 2 is 2.29 bits per heavy atom. The maximum absolute atomic E-state index is 11.9. The molecule has 2 amide bonds. The van der Waals surface area contributed by atoms with E-state index < -0.39 is 5.97 Å². The van der Waals surface area contributed by atoms with E-state index in [2.05, 4.69) is 28.8 Å². The molecule has 0 bridgehead atoms. The average Bonchev–Trinajstić information content (AvgIpc) is 2.86. The fourth-order valence-corrected chi connectivity index (χ4v) is 2.31. The van der Waals surface area contributed by atoms with Crippen LogP contribution in [0, 0.1) is 0 Å². The van der Waals surface area contributed by atoms with E-state index in [1.807, 2.05) is 0 Å². The summed E-state index contributed by atoms with van der Waals surface area (Å²) in [6, 6.07) is -0.0837. The molecule has 116 valence electrons. The van der Waals surface area contributed by atoms with Crippen molar-refractivity contribution in [3.63, 3.8) is 0 Å². The molecule has 0 radical (unpaired) electrons. The lowest BCUT2D eigenvalue weighted by Gasteiger charge is -2.38.